The van der Waals surface area contributed by atoms with Gasteiger partial charge < -0.3 is 15.0 Å². The molecule has 3 heterocycles. The average Bonchev–Trinajstić information content (AvgIpc) is 3.56. The molecule has 2 aliphatic rings. The third-order valence-corrected chi connectivity index (χ3v) is 5.76. The summed E-state index contributed by atoms with van der Waals surface area (Å²) in [7, 11) is 0. The Bertz CT molecular complexity index is 1110. The van der Waals surface area contributed by atoms with Crippen molar-refractivity contribution in [1.82, 2.24) is 30.5 Å². The lowest BCUT2D eigenvalue weighted by Crippen LogP contribution is -2.48. The van der Waals surface area contributed by atoms with Crippen molar-refractivity contribution >= 4 is 11.7 Å². The van der Waals surface area contributed by atoms with Crippen LogP contribution in [0.3, 0.4) is 0 Å². The number of amides is 1. The normalized spacial score (nSPS) is 16.2. The predicted octanol–water partition coefficient (Wildman–Crippen LogP) is 2.46. The summed E-state index contributed by atoms with van der Waals surface area (Å²) >= 11 is 0. The van der Waals surface area contributed by atoms with Crippen LogP contribution in [-0.4, -0.2) is 50.7 Å². The highest BCUT2D eigenvalue weighted by Gasteiger charge is 2.26. The van der Waals surface area contributed by atoms with Crippen LogP contribution >= 0.6 is 0 Å². The van der Waals surface area contributed by atoms with E-state index in [1.807, 2.05) is 4.90 Å². The SMILES string of the molecule is O=C1CN(c2ccc(OCc3c(CC4CC4)nnn3-c3ccc(C(F)F)cc3)nn2)CCN1. The van der Waals surface area contributed by atoms with Gasteiger partial charge >= 0.3 is 0 Å². The van der Waals surface area contributed by atoms with Crippen molar-refractivity contribution in [1.29, 1.82) is 0 Å². The van der Waals surface area contributed by atoms with Gasteiger partial charge in [-0.1, -0.05) is 17.3 Å². The zero-order valence-corrected chi connectivity index (χ0v) is 17.8. The van der Waals surface area contributed by atoms with Crippen LogP contribution < -0.4 is 15.0 Å². The Labute approximate surface area is 188 Å². The number of anilines is 1. The molecular weight excluding hydrogens is 432 g/mol. The highest BCUT2D eigenvalue weighted by molar-refractivity contribution is 5.82. The summed E-state index contributed by atoms with van der Waals surface area (Å²) in [5, 5.41) is 19.7. The first kappa shape index (κ1) is 21.2. The summed E-state index contributed by atoms with van der Waals surface area (Å²) < 4.78 is 33.4. The molecule has 33 heavy (non-hydrogen) atoms. The van der Waals surface area contributed by atoms with E-state index < -0.39 is 6.43 Å². The summed E-state index contributed by atoms with van der Waals surface area (Å²) in [6.07, 6.45) is 0.606. The lowest BCUT2D eigenvalue weighted by molar-refractivity contribution is -0.120. The number of benzene rings is 1. The third-order valence-electron chi connectivity index (χ3n) is 5.76. The third kappa shape index (κ3) is 4.91. The minimum Gasteiger partial charge on any atom is -0.470 e. The number of rotatable bonds is 8. The van der Waals surface area contributed by atoms with Gasteiger partial charge in [-0.05, 0) is 43.4 Å². The maximum Gasteiger partial charge on any atom is 0.263 e. The number of ether oxygens (including phenoxy) is 1. The largest absolute Gasteiger partial charge is 0.470 e. The number of alkyl halides is 2. The fourth-order valence-electron chi connectivity index (χ4n) is 3.73. The van der Waals surface area contributed by atoms with Crippen molar-refractivity contribution in [2.24, 2.45) is 5.92 Å². The molecule has 11 heteroatoms. The molecule has 1 aliphatic carbocycles. The number of nitrogens with one attached hydrogen (secondary N) is 1. The maximum atomic E-state index is 12.9. The summed E-state index contributed by atoms with van der Waals surface area (Å²) in [5.74, 6) is 1.49. The minimum atomic E-state index is -2.52. The molecule has 9 nitrogen and oxygen atoms in total. The molecule has 1 aromatic carbocycles. The lowest BCUT2D eigenvalue weighted by Gasteiger charge is -2.27. The van der Waals surface area contributed by atoms with Gasteiger partial charge in [-0.3, -0.25) is 4.79 Å². The van der Waals surface area contributed by atoms with E-state index in [1.165, 1.54) is 12.1 Å². The van der Waals surface area contributed by atoms with Gasteiger partial charge in [0.1, 0.15) is 12.3 Å². The minimum absolute atomic E-state index is 0.0450. The fourth-order valence-corrected chi connectivity index (χ4v) is 3.73. The van der Waals surface area contributed by atoms with Gasteiger partial charge in [-0.25, -0.2) is 13.5 Å². The van der Waals surface area contributed by atoms with Crippen molar-refractivity contribution in [3.05, 3.63) is 53.3 Å². The van der Waals surface area contributed by atoms with Gasteiger partial charge in [0, 0.05) is 24.7 Å². The quantitative estimate of drug-likeness (QED) is 0.557. The second-order valence-electron chi connectivity index (χ2n) is 8.22. The molecular formula is C22H23F2N7O2. The Balaban J connectivity index is 1.32. The smallest absolute Gasteiger partial charge is 0.263 e. The summed E-state index contributed by atoms with van der Waals surface area (Å²) in [6, 6.07) is 9.45. The molecule has 1 N–H and O–H groups in total. The van der Waals surface area contributed by atoms with E-state index in [0.29, 0.717) is 36.4 Å². The highest BCUT2D eigenvalue weighted by Crippen LogP contribution is 2.33. The Morgan fingerprint density at radius 2 is 1.91 bits per heavy atom. The van der Waals surface area contributed by atoms with E-state index >= 15 is 0 Å². The van der Waals surface area contributed by atoms with Gasteiger partial charge in [0.05, 0.1) is 17.9 Å². The van der Waals surface area contributed by atoms with Gasteiger partial charge in [-0.15, -0.1) is 15.3 Å². The van der Waals surface area contributed by atoms with Crippen LogP contribution in [0.5, 0.6) is 5.88 Å². The van der Waals surface area contributed by atoms with Crippen molar-refractivity contribution in [2.75, 3.05) is 24.5 Å². The van der Waals surface area contributed by atoms with Gasteiger partial charge in [-0.2, -0.15) is 0 Å². The van der Waals surface area contributed by atoms with Gasteiger partial charge in [0.15, 0.2) is 5.82 Å². The topological polar surface area (TPSA) is 98.1 Å². The van der Waals surface area contributed by atoms with Crippen LogP contribution in [0.25, 0.3) is 5.69 Å². The van der Waals surface area contributed by atoms with Crippen LogP contribution in [0.1, 0.15) is 36.2 Å². The molecule has 3 aromatic rings. The zero-order valence-electron chi connectivity index (χ0n) is 17.8. The molecule has 0 spiro atoms. The Morgan fingerprint density at radius 3 is 2.58 bits per heavy atom. The van der Waals surface area contributed by atoms with Crippen LogP contribution in [0, 0.1) is 5.92 Å². The predicted molar refractivity (Wildman–Crippen MR) is 114 cm³/mol. The first-order valence-electron chi connectivity index (χ1n) is 10.9. The number of nitrogens with zero attached hydrogens (tertiary/aromatic N) is 6. The Hall–Kier alpha value is -3.63. The number of hydrogen-bond acceptors (Lipinski definition) is 7. The maximum absolute atomic E-state index is 12.9. The molecule has 2 aromatic heterocycles. The number of halogens is 2. The molecule has 1 saturated heterocycles. The standard InChI is InChI=1S/C22H23F2N7O2/c23-22(24)15-3-5-16(6-4-15)31-18(17(26-29-31)11-14-1-2-14)13-33-21-8-7-19(27-28-21)30-10-9-25-20(32)12-30/h3-8,14,22H,1-2,9-13H2,(H,25,32). The number of hydrogen-bond donors (Lipinski definition) is 1. The van der Waals surface area contributed by atoms with E-state index in [1.54, 1.807) is 28.9 Å². The van der Waals surface area contributed by atoms with Crippen LogP contribution in [0.2, 0.25) is 0 Å². The van der Waals surface area contributed by atoms with E-state index in [2.05, 4.69) is 25.8 Å². The second kappa shape index (κ2) is 9.08. The Kier molecular flexibility index (Phi) is 5.84. The molecule has 1 saturated carbocycles. The molecule has 0 radical (unpaired) electrons. The number of carbonyl (C=O) groups is 1. The molecule has 2 fully saturated rings. The lowest BCUT2D eigenvalue weighted by atomic mass is 10.1. The fraction of sp³-hybridized carbons (Fsp3) is 0.409. The van der Waals surface area contributed by atoms with Crippen molar-refractivity contribution in [3.8, 4) is 11.6 Å². The Morgan fingerprint density at radius 1 is 1.09 bits per heavy atom. The van der Waals surface area contributed by atoms with Gasteiger partial charge in [0.2, 0.25) is 11.8 Å². The summed E-state index contributed by atoms with van der Waals surface area (Å²) in [5.41, 5.74) is 2.18. The van der Waals surface area contributed by atoms with Gasteiger partial charge in [0.25, 0.3) is 6.43 Å². The molecule has 0 bridgehead atoms. The van der Waals surface area contributed by atoms with E-state index in [9.17, 15) is 13.6 Å². The van der Waals surface area contributed by atoms with E-state index in [0.717, 1.165) is 30.7 Å². The van der Waals surface area contributed by atoms with Crippen molar-refractivity contribution < 1.29 is 18.3 Å². The van der Waals surface area contributed by atoms with Crippen molar-refractivity contribution in [2.45, 2.75) is 32.3 Å². The van der Waals surface area contributed by atoms with Crippen LogP contribution in [-0.2, 0) is 17.8 Å². The number of aromatic nitrogens is 5. The highest BCUT2D eigenvalue weighted by atomic mass is 19.3. The number of piperazine rings is 1. The van der Waals surface area contributed by atoms with Crippen LogP contribution in [0.4, 0.5) is 14.6 Å². The second-order valence-corrected chi connectivity index (χ2v) is 8.22. The molecule has 0 atom stereocenters. The molecule has 0 unspecified atom stereocenters. The van der Waals surface area contributed by atoms with E-state index in [-0.39, 0.29) is 24.6 Å². The average molecular weight is 455 g/mol. The molecule has 172 valence electrons. The van der Waals surface area contributed by atoms with Crippen LogP contribution in [0.15, 0.2) is 36.4 Å². The number of carbonyl (C=O) groups excluding carboxylic acids is 1. The molecule has 5 rings (SSSR count). The monoisotopic (exact) mass is 455 g/mol. The molecule has 1 aliphatic heterocycles. The van der Waals surface area contributed by atoms with Crippen molar-refractivity contribution in [3.63, 3.8) is 0 Å². The first-order valence-corrected chi connectivity index (χ1v) is 10.9. The first-order chi connectivity index (χ1) is 16.1. The zero-order chi connectivity index (χ0) is 22.8. The summed E-state index contributed by atoms with van der Waals surface area (Å²) in [6.45, 7) is 1.64. The molecule has 1 amide bonds. The van der Waals surface area contributed by atoms with E-state index in [4.69, 9.17) is 4.74 Å². The summed E-state index contributed by atoms with van der Waals surface area (Å²) in [4.78, 5) is 13.4.